The number of hydrogen-bond donors (Lipinski definition) is 0. The molecule has 0 fully saturated rings. The van der Waals surface area contributed by atoms with Crippen molar-refractivity contribution in [2.75, 3.05) is 19.0 Å². The predicted octanol–water partition coefficient (Wildman–Crippen LogP) is 4.53. The average molecular weight is 284 g/mol. The zero-order valence-corrected chi connectivity index (χ0v) is 12.4. The first-order valence-corrected chi connectivity index (χ1v) is 8.25. The van der Waals surface area contributed by atoms with Gasteiger partial charge in [-0.05, 0) is 30.0 Å². The van der Waals surface area contributed by atoms with Crippen molar-refractivity contribution in [3.63, 3.8) is 0 Å². The van der Waals surface area contributed by atoms with E-state index in [4.69, 9.17) is 4.74 Å². The van der Waals surface area contributed by atoms with Crippen molar-refractivity contribution in [3.05, 3.63) is 65.7 Å². The van der Waals surface area contributed by atoms with E-state index in [9.17, 15) is 0 Å². The Morgan fingerprint density at radius 2 is 1.80 bits per heavy atom. The minimum absolute atomic E-state index is 0.577. The van der Waals surface area contributed by atoms with Crippen LogP contribution in [0.2, 0.25) is 0 Å². The van der Waals surface area contributed by atoms with Gasteiger partial charge in [0.2, 0.25) is 0 Å². The minimum atomic E-state index is 0.577. The zero-order valence-electron chi connectivity index (χ0n) is 11.6. The van der Waals surface area contributed by atoms with Gasteiger partial charge in [0.25, 0.3) is 0 Å². The van der Waals surface area contributed by atoms with Crippen LogP contribution in [0.15, 0.2) is 59.5 Å². The van der Waals surface area contributed by atoms with Crippen LogP contribution in [-0.4, -0.2) is 19.0 Å². The molecule has 1 aliphatic heterocycles. The second-order valence-electron chi connectivity index (χ2n) is 5.21. The second kappa shape index (κ2) is 6.96. The summed E-state index contributed by atoms with van der Waals surface area (Å²) >= 11 is 1.96. The zero-order chi connectivity index (χ0) is 13.6. The van der Waals surface area contributed by atoms with Crippen molar-refractivity contribution in [3.8, 4) is 0 Å². The Bertz CT molecular complexity index is 538. The summed E-state index contributed by atoms with van der Waals surface area (Å²) in [7, 11) is 0. The lowest BCUT2D eigenvalue weighted by Gasteiger charge is -2.11. The lowest BCUT2D eigenvalue weighted by Crippen LogP contribution is -2.08. The predicted molar refractivity (Wildman–Crippen MR) is 85.5 cm³/mol. The van der Waals surface area contributed by atoms with Crippen LogP contribution >= 0.6 is 11.8 Å². The first kappa shape index (κ1) is 13.7. The molecule has 1 nitrogen and oxygen atoms in total. The van der Waals surface area contributed by atoms with Gasteiger partial charge in [0.05, 0.1) is 6.61 Å². The van der Waals surface area contributed by atoms with Gasteiger partial charge in [-0.1, -0.05) is 48.5 Å². The van der Waals surface area contributed by atoms with E-state index in [-0.39, 0.29) is 0 Å². The lowest BCUT2D eigenvalue weighted by molar-refractivity contribution is 0.122. The standard InChI is InChI=1S/C18H20OS/c1-2-7-15(8-3-1)9-6-12-19-13-16-14-20-18-11-5-4-10-17(16)18/h1-5,7-8,10-11,16H,6,9,12-14H2. The Balaban J connectivity index is 1.39. The molecule has 0 saturated heterocycles. The topological polar surface area (TPSA) is 9.23 Å². The molecule has 0 aromatic heterocycles. The van der Waals surface area contributed by atoms with Gasteiger partial charge in [-0.2, -0.15) is 0 Å². The SMILES string of the molecule is c1ccc(CCCOCC2CSc3ccccc32)cc1. The molecule has 1 atom stereocenters. The smallest absolute Gasteiger partial charge is 0.0543 e. The van der Waals surface area contributed by atoms with Crippen molar-refractivity contribution in [1.29, 1.82) is 0 Å². The first-order valence-electron chi connectivity index (χ1n) is 7.27. The van der Waals surface area contributed by atoms with E-state index in [0.29, 0.717) is 5.92 Å². The van der Waals surface area contributed by atoms with Crippen LogP contribution in [0.1, 0.15) is 23.5 Å². The largest absolute Gasteiger partial charge is 0.381 e. The molecule has 0 spiro atoms. The fourth-order valence-corrected chi connectivity index (χ4v) is 3.85. The summed E-state index contributed by atoms with van der Waals surface area (Å²) in [5.74, 6) is 1.74. The van der Waals surface area contributed by atoms with Crippen LogP contribution in [0.4, 0.5) is 0 Å². The Hall–Kier alpha value is -1.25. The molecule has 0 bridgehead atoms. The molecule has 3 rings (SSSR count). The third kappa shape index (κ3) is 3.44. The van der Waals surface area contributed by atoms with Crippen molar-refractivity contribution < 1.29 is 4.74 Å². The average Bonchev–Trinajstić information content (AvgIpc) is 2.91. The Morgan fingerprint density at radius 1 is 1.00 bits per heavy atom. The summed E-state index contributed by atoms with van der Waals surface area (Å²) in [6.07, 6.45) is 2.21. The van der Waals surface area contributed by atoms with Crippen LogP contribution in [0.3, 0.4) is 0 Å². The molecule has 2 heteroatoms. The highest BCUT2D eigenvalue weighted by molar-refractivity contribution is 7.99. The number of fused-ring (bicyclic) bond motifs is 1. The summed E-state index contributed by atoms with van der Waals surface area (Å²) in [4.78, 5) is 1.44. The molecule has 1 heterocycles. The van der Waals surface area contributed by atoms with E-state index < -0.39 is 0 Å². The third-order valence-corrected chi connectivity index (χ3v) is 4.97. The van der Waals surface area contributed by atoms with Crippen molar-refractivity contribution in [2.45, 2.75) is 23.7 Å². The van der Waals surface area contributed by atoms with Crippen LogP contribution in [0.25, 0.3) is 0 Å². The van der Waals surface area contributed by atoms with E-state index in [2.05, 4.69) is 54.6 Å². The number of rotatable bonds is 6. The molecule has 0 radical (unpaired) electrons. The van der Waals surface area contributed by atoms with Gasteiger partial charge in [0, 0.05) is 23.2 Å². The molecule has 1 aliphatic rings. The van der Waals surface area contributed by atoms with Crippen molar-refractivity contribution in [1.82, 2.24) is 0 Å². The van der Waals surface area contributed by atoms with Crippen LogP contribution in [0.5, 0.6) is 0 Å². The van der Waals surface area contributed by atoms with Crippen molar-refractivity contribution >= 4 is 11.8 Å². The molecule has 104 valence electrons. The quantitative estimate of drug-likeness (QED) is 0.721. The van der Waals surface area contributed by atoms with Gasteiger partial charge < -0.3 is 4.74 Å². The molecule has 1 unspecified atom stereocenters. The summed E-state index contributed by atoms with van der Waals surface area (Å²) in [6, 6.07) is 19.3. The molecule has 2 aromatic rings. The highest BCUT2D eigenvalue weighted by atomic mass is 32.2. The monoisotopic (exact) mass is 284 g/mol. The maximum atomic E-state index is 5.88. The molecule has 0 aliphatic carbocycles. The summed E-state index contributed by atoms with van der Waals surface area (Å²) in [6.45, 7) is 1.72. The van der Waals surface area contributed by atoms with E-state index in [1.807, 2.05) is 11.8 Å². The first-order chi connectivity index (χ1) is 9.93. The van der Waals surface area contributed by atoms with Gasteiger partial charge in [-0.3, -0.25) is 0 Å². The Kier molecular flexibility index (Phi) is 4.77. The maximum Gasteiger partial charge on any atom is 0.0543 e. The fourth-order valence-electron chi connectivity index (χ4n) is 2.62. The van der Waals surface area contributed by atoms with Gasteiger partial charge in [0.1, 0.15) is 0 Å². The number of benzene rings is 2. The Labute approximate surface area is 125 Å². The molecule has 0 N–H and O–H groups in total. The second-order valence-corrected chi connectivity index (χ2v) is 6.27. The Morgan fingerprint density at radius 3 is 2.70 bits per heavy atom. The third-order valence-electron chi connectivity index (χ3n) is 3.71. The molecule has 0 saturated carbocycles. The molecular weight excluding hydrogens is 264 g/mol. The van der Waals surface area contributed by atoms with Crippen LogP contribution < -0.4 is 0 Å². The summed E-state index contributed by atoms with van der Waals surface area (Å²) in [5, 5.41) is 0. The van der Waals surface area contributed by atoms with Gasteiger partial charge in [0.15, 0.2) is 0 Å². The highest BCUT2D eigenvalue weighted by Gasteiger charge is 2.22. The number of aryl methyl sites for hydroxylation is 1. The van der Waals surface area contributed by atoms with E-state index in [1.165, 1.54) is 16.0 Å². The molecule has 0 amide bonds. The van der Waals surface area contributed by atoms with E-state index >= 15 is 0 Å². The van der Waals surface area contributed by atoms with Crippen LogP contribution in [0, 0.1) is 0 Å². The molecule has 2 aromatic carbocycles. The fraction of sp³-hybridized carbons (Fsp3) is 0.333. The summed E-state index contributed by atoms with van der Waals surface area (Å²) in [5.41, 5.74) is 2.87. The van der Waals surface area contributed by atoms with Gasteiger partial charge >= 0.3 is 0 Å². The van der Waals surface area contributed by atoms with Gasteiger partial charge in [-0.25, -0.2) is 0 Å². The minimum Gasteiger partial charge on any atom is -0.381 e. The number of hydrogen-bond acceptors (Lipinski definition) is 2. The highest BCUT2D eigenvalue weighted by Crippen LogP contribution is 2.39. The van der Waals surface area contributed by atoms with E-state index in [0.717, 1.165) is 31.8 Å². The number of ether oxygens (including phenoxy) is 1. The van der Waals surface area contributed by atoms with E-state index in [1.54, 1.807) is 0 Å². The lowest BCUT2D eigenvalue weighted by atomic mass is 10.0. The van der Waals surface area contributed by atoms with Crippen molar-refractivity contribution in [2.24, 2.45) is 0 Å². The summed E-state index contributed by atoms with van der Waals surface area (Å²) < 4.78 is 5.88. The maximum absolute atomic E-state index is 5.88. The molecule has 20 heavy (non-hydrogen) atoms. The normalized spacial score (nSPS) is 17.1. The van der Waals surface area contributed by atoms with Gasteiger partial charge in [-0.15, -0.1) is 11.8 Å². The molecular formula is C18H20OS. The van der Waals surface area contributed by atoms with Crippen LogP contribution in [-0.2, 0) is 11.2 Å². The number of thioether (sulfide) groups is 1.